The molecule has 5 heteroatoms. The summed E-state index contributed by atoms with van der Waals surface area (Å²) in [5, 5.41) is 2.91. The van der Waals surface area contributed by atoms with E-state index in [0.717, 1.165) is 24.5 Å². The number of amides is 1. The summed E-state index contributed by atoms with van der Waals surface area (Å²) >= 11 is 0. The molecule has 1 aromatic carbocycles. The molecule has 2 atom stereocenters. The average Bonchev–Trinajstić information content (AvgIpc) is 2.37. The van der Waals surface area contributed by atoms with Crippen LogP contribution in [0.1, 0.15) is 13.8 Å². The number of carbonyl (C=O) groups excluding carboxylic acids is 1. The van der Waals surface area contributed by atoms with E-state index in [-0.39, 0.29) is 18.1 Å². The lowest BCUT2D eigenvalue weighted by atomic mass is 10.2. The zero-order valence-corrected chi connectivity index (χ0v) is 12.3. The van der Waals surface area contributed by atoms with E-state index in [4.69, 9.17) is 9.47 Å². The quantitative estimate of drug-likeness (QED) is 0.835. The number of carbonyl (C=O) groups is 1. The molecule has 0 aromatic heterocycles. The summed E-state index contributed by atoms with van der Waals surface area (Å²) in [5.74, 6) is 0.762. The van der Waals surface area contributed by atoms with Crippen molar-refractivity contribution in [2.24, 2.45) is 0 Å². The Balaban J connectivity index is 1.88. The maximum absolute atomic E-state index is 12.1. The van der Waals surface area contributed by atoms with Gasteiger partial charge in [-0.1, -0.05) is 6.07 Å². The molecule has 1 fully saturated rings. The standard InChI is InChI=1S/C15H22N2O3/c1-11-8-17(9-12(2)20-11)10-15(18)16-13-5-4-6-14(7-13)19-3/h4-7,11-12H,8-10H2,1-3H3,(H,16,18)/p+1/t11-,12-/m1/s1. The Hall–Kier alpha value is -1.59. The van der Waals surface area contributed by atoms with Crippen LogP contribution in [0.25, 0.3) is 0 Å². The van der Waals surface area contributed by atoms with Crippen molar-refractivity contribution in [2.75, 3.05) is 32.1 Å². The molecule has 0 saturated carbocycles. The summed E-state index contributed by atoms with van der Waals surface area (Å²) in [4.78, 5) is 13.3. The van der Waals surface area contributed by atoms with Crippen LogP contribution in [0.4, 0.5) is 5.69 Å². The highest BCUT2D eigenvalue weighted by Crippen LogP contribution is 2.16. The van der Waals surface area contributed by atoms with Gasteiger partial charge < -0.3 is 19.7 Å². The second kappa shape index (κ2) is 6.72. The number of ether oxygens (including phenoxy) is 2. The number of morpholine rings is 1. The lowest BCUT2D eigenvalue weighted by Gasteiger charge is -2.31. The molecule has 0 bridgehead atoms. The number of rotatable bonds is 4. The van der Waals surface area contributed by atoms with Crippen LogP contribution in [-0.2, 0) is 9.53 Å². The van der Waals surface area contributed by atoms with E-state index in [9.17, 15) is 4.79 Å². The van der Waals surface area contributed by atoms with Crippen molar-refractivity contribution in [1.82, 2.24) is 0 Å². The molecule has 1 saturated heterocycles. The van der Waals surface area contributed by atoms with Crippen LogP contribution in [0.5, 0.6) is 5.75 Å². The minimum Gasteiger partial charge on any atom is -0.497 e. The molecule has 1 heterocycles. The second-order valence-corrected chi connectivity index (χ2v) is 5.37. The first kappa shape index (κ1) is 14.8. The molecule has 2 rings (SSSR count). The summed E-state index contributed by atoms with van der Waals surface area (Å²) < 4.78 is 10.8. The highest BCUT2D eigenvalue weighted by Gasteiger charge is 2.27. The van der Waals surface area contributed by atoms with Gasteiger partial charge in [0.2, 0.25) is 0 Å². The molecular formula is C15H23N2O3+. The molecule has 0 unspecified atom stereocenters. The van der Waals surface area contributed by atoms with Crippen molar-refractivity contribution in [2.45, 2.75) is 26.1 Å². The molecule has 1 aliphatic rings. The molecule has 1 aromatic rings. The van der Waals surface area contributed by atoms with Crippen LogP contribution in [0.2, 0.25) is 0 Å². The third kappa shape index (κ3) is 4.21. The largest absolute Gasteiger partial charge is 0.497 e. The summed E-state index contributed by atoms with van der Waals surface area (Å²) in [6, 6.07) is 7.39. The van der Waals surface area contributed by atoms with Crippen molar-refractivity contribution in [3.05, 3.63) is 24.3 Å². The van der Waals surface area contributed by atoms with E-state index in [1.54, 1.807) is 7.11 Å². The predicted molar refractivity (Wildman–Crippen MR) is 77.2 cm³/mol. The lowest BCUT2D eigenvalue weighted by Crippen LogP contribution is -3.16. The fourth-order valence-electron chi connectivity index (χ4n) is 2.67. The van der Waals surface area contributed by atoms with E-state index in [1.807, 2.05) is 24.3 Å². The minimum atomic E-state index is 0.0227. The van der Waals surface area contributed by atoms with Gasteiger partial charge in [-0.3, -0.25) is 4.79 Å². The number of methoxy groups -OCH3 is 1. The molecule has 0 aliphatic carbocycles. The van der Waals surface area contributed by atoms with Gasteiger partial charge in [-0.25, -0.2) is 0 Å². The summed E-state index contributed by atoms with van der Waals surface area (Å²) in [6.07, 6.45) is 0.414. The van der Waals surface area contributed by atoms with Gasteiger partial charge in [-0.2, -0.15) is 0 Å². The maximum atomic E-state index is 12.1. The van der Waals surface area contributed by atoms with Crippen molar-refractivity contribution in [3.63, 3.8) is 0 Å². The van der Waals surface area contributed by atoms with Crippen LogP contribution >= 0.6 is 0 Å². The van der Waals surface area contributed by atoms with Crippen LogP contribution in [-0.4, -0.2) is 44.9 Å². The molecule has 0 spiro atoms. The predicted octanol–water partition coefficient (Wildman–Crippen LogP) is 0.326. The summed E-state index contributed by atoms with van der Waals surface area (Å²) in [6.45, 7) is 6.31. The Kier molecular flexibility index (Phi) is 4.98. The zero-order chi connectivity index (χ0) is 14.5. The fraction of sp³-hybridized carbons (Fsp3) is 0.533. The van der Waals surface area contributed by atoms with Gasteiger partial charge >= 0.3 is 0 Å². The van der Waals surface area contributed by atoms with Crippen LogP contribution in [0, 0.1) is 0 Å². The number of hydrogen-bond donors (Lipinski definition) is 2. The number of quaternary nitrogens is 1. The lowest BCUT2D eigenvalue weighted by molar-refractivity contribution is -0.907. The van der Waals surface area contributed by atoms with Crippen molar-refractivity contribution in [3.8, 4) is 5.75 Å². The third-order valence-corrected chi connectivity index (χ3v) is 3.38. The Bertz CT molecular complexity index is 454. The Morgan fingerprint density at radius 2 is 2.10 bits per heavy atom. The Morgan fingerprint density at radius 1 is 1.40 bits per heavy atom. The van der Waals surface area contributed by atoms with E-state index in [0.29, 0.717) is 6.54 Å². The minimum absolute atomic E-state index is 0.0227. The topological polar surface area (TPSA) is 52.0 Å². The molecule has 2 N–H and O–H groups in total. The monoisotopic (exact) mass is 279 g/mol. The SMILES string of the molecule is COc1cccc(NC(=O)C[NH+]2C[C@@H](C)O[C@H](C)C2)c1. The van der Waals surface area contributed by atoms with E-state index >= 15 is 0 Å². The molecule has 110 valence electrons. The van der Waals surface area contributed by atoms with Crippen LogP contribution < -0.4 is 15.0 Å². The van der Waals surface area contributed by atoms with Gasteiger partial charge in [-0.05, 0) is 26.0 Å². The van der Waals surface area contributed by atoms with Gasteiger partial charge in [0.25, 0.3) is 5.91 Å². The molecule has 20 heavy (non-hydrogen) atoms. The average molecular weight is 279 g/mol. The number of nitrogens with one attached hydrogen (secondary N) is 2. The molecule has 1 aliphatic heterocycles. The van der Waals surface area contributed by atoms with Crippen molar-refractivity contribution < 1.29 is 19.2 Å². The molecule has 0 radical (unpaired) electrons. The summed E-state index contributed by atoms with van der Waals surface area (Å²) in [5.41, 5.74) is 0.767. The van der Waals surface area contributed by atoms with Crippen LogP contribution in [0.3, 0.4) is 0 Å². The van der Waals surface area contributed by atoms with Crippen molar-refractivity contribution in [1.29, 1.82) is 0 Å². The Morgan fingerprint density at radius 3 is 2.75 bits per heavy atom. The van der Waals surface area contributed by atoms with Gasteiger partial charge in [0, 0.05) is 11.8 Å². The molecule has 5 nitrogen and oxygen atoms in total. The van der Waals surface area contributed by atoms with Crippen LogP contribution in [0.15, 0.2) is 24.3 Å². The third-order valence-electron chi connectivity index (χ3n) is 3.38. The van der Waals surface area contributed by atoms with E-state index < -0.39 is 0 Å². The number of hydrogen-bond acceptors (Lipinski definition) is 3. The second-order valence-electron chi connectivity index (χ2n) is 5.37. The van der Waals surface area contributed by atoms with Gasteiger partial charge in [0.1, 0.15) is 31.0 Å². The van der Waals surface area contributed by atoms with E-state index in [2.05, 4.69) is 19.2 Å². The number of anilines is 1. The Labute approximate surface area is 119 Å². The maximum Gasteiger partial charge on any atom is 0.279 e. The smallest absolute Gasteiger partial charge is 0.279 e. The first-order valence-electron chi connectivity index (χ1n) is 6.99. The normalized spacial score (nSPS) is 26.1. The highest BCUT2D eigenvalue weighted by molar-refractivity contribution is 5.91. The highest BCUT2D eigenvalue weighted by atomic mass is 16.5. The van der Waals surface area contributed by atoms with Gasteiger partial charge in [-0.15, -0.1) is 0 Å². The van der Waals surface area contributed by atoms with Crippen molar-refractivity contribution >= 4 is 11.6 Å². The number of benzene rings is 1. The first-order valence-corrected chi connectivity index (χ1v) is 6.99. The summed E-state index contributed by atoms with van der Waals surface area (Å²) in [7, 11) is 1.61. The molecular weight excluding hydrogens is 256 g/mol. The van der Waals surface area contributed by atoms with Gasteiger partial charge in [0.15, 0.2) is 6.54 Å². The zero-order valence-electron chi connectivity index (χ0n) is 12.3. The van der Waals surface area contributed by atoms with Gasteiger partial charge in [0.05, 0.1) is 7.11 Å². The fourth-order valence-corrected chi connectivity index (χ4v) is 2.67. The first-order chi connectivity index (χ1) is 9.56. The van der Waals surface area contributed by atoms with E-state index in [1.165, 1.54) is 4.90 Å². The molecule has 1 amide bonds.